The average molecular weight is 289 g/mol. The van der Waals surface area contributed by atoms with E-state index in [1.54, 1.807) is 13.2 Å². The predicted molar refractivity (Wildman–Crippen MR) is 77.7 cm³/mol. The first-order valence-electron chi connectivity index (χ1n) is 6.55. The molecule has 1 aromatic rings. The first-order valence-corrected chi connectivity index (χ1v) is 6.55. The summed E-state index contributed by atoms with van der Waals surface area (Å²) in [6, 6.07) is 5.15. The predicted octanol–water partition coefficient (Wildman–Crippen LogP) is 2.61. The van der Waals surface area contributed by atoms with E-state index in [1.165, 1.54) is 6.07 Å². The summed E-state index contributed by atoms with van der Waals surface area (Å²) in [5.74, 6) is 0.486. The fraction of sp³-hybridized carbons (Fsp3) is 0.571. The van der Waals surface area contributed by atoms with Gasteiger partial charge in [0.2, 0.25) is 0 Å². The third-order valence-corrected chi connectivity index (χ3v) is 3.55. The van der Waals surface area contributed by atoms with E-state index in [4.69, 9.17) is 4.74 Å². The second-order valence-corrected chi connectivity index (χ2v) is 4.57. The SMILES string of the molecule is CC[C@@H](c1c(F)cccc1OC)N1CCNCC1.Cl. The Morgan fingerprint density at radius 3 is 2.63 bits per heavy atom. The Labute approximate surface area is 120 Å². The molecule has 1 saturated heterocycles. The van der Waals surface area contributed by atoms with Crippen molar-refractivity contribution < 1.29 is 9.13 Å². The van der Waals surface area contributed by atoms with Crippen molar-refractivity contribution in [1.82, 2.24) is 10.2 Å². The van der Waals surface area contributed by atoms with Crippen molar-refractivity contribution in [1.29, 1.82) is 0 Å². The van der Waals surface area contributed by atoms with Crippen LogP contribution in [0.5, 0.6) is 5.75 Å². The van der Waals surface area contributed by atoms with Crippen LogP contribution < -0.4 is 10.1 Å². The molecule has 0 spiro atoms. The number of hydrogen-bond acceptors (Lipinski definition) is 3. The molecule has 19 heavy (non-hydrogen) atoms. The minimum Gasteiger partial charge on any atom is -0.496 e. The maximum atomic E-state index is 14.1. The zero-order chi connectivity index (χ0) is 13.0. The van der Waals surface area contributed by atoms with Crippen LogP contribution in [0.1, 0.15) is 24.9 Å². The summed E-state index contributed by atoms with van der Waals surface area (Å²) >= 11 is 0. The Morgan fingerprint density at radius 2 is 2.05 bits per heavy atom. The molecule has 0 bridgehead atoms. The number of halogens is 2. The molecule has 0 amide bonds. The molecule has 1 N–H and O–H groups in total. The molecule has 1 atom stereocenters. The molecule has 1 aliphatic heterocycles. The number of rotatable bonds is 4. The lowest BCUT2D eigenvalue weighted by molar-refractivity contribution is 0.163. The van der Waals surface area contributed by atoms with E-state index >= 15 is 0 Å². The van der Waals surface area contributed by atoms with E-state index in [2.05, 4.69) is 17.1 Å². The van der Waals surface area contributed by atoms with Gasteiger partial charge in [0.15, 0.2) is 0 Å². The number of hydrogen-bond donors (Lipinski definition) is 1. The molecule has 1 aromatic carbocycles. The smallest absolute Gasteiger partial charge is 0.131 e. The van der Waals surface area contributed by atoms with Crippen LogP contribution >= 0.6 is 12.4 Å². The zero-order valence-corrected chi connectivity index (χ0v) is 12.3. The Bertz CT molecular complexity index is 397. The van der Waals surface area contributed by atoms with Crippen molar-refractivity contribution in [3.8, 4) is 5.75 Å². The quantitative estimate of drug-likeness (QED) is 0.922. The lowest BCUT2D eigenvalue weighted by Crippen LogP contribution is -2.45. The largest absolute Gasteiger partial charge is 0.496 e. The molecule has 1 heterocycles. The Kier molecular flexibility index (Phi) is 6.55. The summed E-state index contributed by atoms with van der Waals surface area (Å²) < 4.78 is 19.4. The molecule has 3 nitrogen and oxygen atoms in total. The average Bonchev–Trinajstić information content (AvgIpc) is 2.42. The van der Waals surface area contributed by atoms with Gasteiger partial charge in [0.25, 0.3) is 0 Å². The van der Waals surface area contributed by atoms with Crippen molar-refractivity contribution in [2.24, 2.45) is 0 Å². The van der Waals surface area contributed by atoms with E-state index in [1.807, 2.05) is 6.07 Å². The number of nitrogens with zero attached hydrogens (tertiary/aromatic N) is 1. The topological polar surface area (TPSA) is 24.5 Å². The highest BCUT2D eigenvalue weighted by Gasteiger charge is 2.25. The first-order chi connectivity index (χ1) is 8.77. The van der Waals surface area contributed by atoms with Gasteiger partial charge in [-0.15, -0.1) is 12.4 Å². The molecule has 0 aromatic heterocycles. The normalized spacial score (nSPS) is 17.6. The van der Waals surface area contributed by atoms with Gasteiger partial charge in [0.1, 0.15) is 11.6 Å². The van der Waals surface area contributed by atoms with Gasteiger partial charge in [-0.05, 0) is 18.6 Å². The second-order valence-electron chi connectivity index (χ2n) is 4.57. The highest BCUT2D eigenvalue weighted by Crippen LogP contribution is 2.33. The van der Waals surface area contributed by atoms with Crippen LogP contribution in [0.3, 0.4) is 0 Å². The van der Waals surface area contributed by atoms with Crippen LogP contribution in [0.4, 0.5) is 4.39 Å². The van der Waals surface area contributed by atoms with Crippen molar-refractivity contribution in [3.63, 3.8) is 0 Å². The van der Waals surface area contributed by atoms with E-state index in [0.29, 0.717) is 11.3 Å². The summed E-state index contributed by atoms with van der Waals surface area (Å²) in [4.78, 5) is 2.33. The van der Waals surface area contributed by atoms with Gasteiger partial charge >= 0.3 is 0 Å². The van der Waals surface area contributed by atoms with Crippen LogP contribution in [0.15, 0.2) is 18.2 Å². The standard InChI is InChI=1S/C14H21FN2O.ClH/c1-3-12(17-9-7-16-8-10-17)14-11(15)5-4-6-13(14)18-2;/h4-6,12,16H,3,7-10H2,1-2H3;1H/t12-;/m0./s1. The van der Waals surface area contributed by atoms with Gasteiger partial charge in [-0.25, -0.2) is 4.39 Å². The van der Waals surface area contributed by atoms with E-state index < -0.39 is 0 Å². The summed E-state index contributed by atoms with van der Waals surface area (Å²) in [5.41, 5.74) is 0.699. The number of benzene rings is 1. The van der Waals surface area contributed by atoms with Crippen LogP contribution in [0.2, 0.25) is 0 Å². The molecule has 2 rings (SSSR count). The maximum Gasteiger partial charge on any atom is 0.131 e. The maximum absolute atomic E-state index is 14.1. The monoisotopic (exact) mass is 288 g/mol. The van der Waals surface area contributed by atoms with Crippen LogP contribution in [0.25, 0.3) is 0 Å². The van der Waals surface area contributed by atoms with Gasteiger partial charge in [-0.3, -0.25) is 4.90 Å². The van der Waals surface area contributed by atoms with Gasteiger partial charge in [0, 0.05) is 37.8 Å². The lowest BCUT2D eigenvalue weighted by atomic mass is 10.00. The Balaban J connectivity index is 0.00000180. The van der Waals surface area contributed by atoms with Gasteiger partial charge in [-0.1, -0.05) is 13.0 Å². The molecule has 0 saturated carbocycles. The number of ether oxygens (including phenoxy) is 1. The summed E-state index contributed by atoms with van der Waals surface area (Å²) in [7, 11) is 1.60. The van der Waals surface area contributed by atoms with E-state index in [-0.39, 0.29) is 24.3 Å². The van der Waals surface area contributed by atoms with Gasteiger partial charge in [0.05, 0.1) is 7.11 Å². The lowest BCUT2D eigenvalue weighted by Gasteiger charge is -2.35. The number of piperazine rings is 1. The number of methoxy groups -OCH3 is 1. The Morgan fingerprint density at radius 1 is 1.37 bits per heavy atom. The highest BCUT2D eigenvalue weighted by molar-refractivity contribution is 5.85. The van der Waals surface area contributed by atoms with Crippen LogP contribution in [-0.2, 0) is 0 Å². The molecule has 0 unspecified atom stereocenters. The molecular formula is C14H22ClFN2O. The third kappa shape index (κ3) is 3.59. The Hall–Kier alpha value is -0.840. The van der Waals surface area contributed by atoms with Crippen LogP contribution in [0, 0.1) is 5.82 Å². The van der Waals surface area contributed by atoms with Crippen molar-refractivity contribution in [2.45, 2.75) is 19.4 Å². The molecule has 0 radical (unpaired) electrons. The highest BCUT2D eigenvalue weighted by atomic mass is 35.5. The van der Waals surface area contributed by atoms with Gasteiger partial charge < -0.3 is 10.1 Å². The molecular weight excluding hydrogens is 267 g/mol. The minimum atomic E-state index is -0.167. The van der Waals surface area contributed by atoms with Crippen molar-refractivity contribution in [3.05, 3.63) is 29.6 Å². The van der Waals surface area contributed by atoms with Crippen molar-refractivity contribution >= 4 is 12.4 Å². The fourth-order valence-corrected chi connectivity index (χ4v) is 2.66. The number of nitrogens with one attached hydrogen (secondary N) is 1. The summed E-state index contributed by atoms with van der Waals surface area (Å²) in [6.45, 7) is 5.94. The molecule has 108 valence electrons. The minimum absolute atomic E-state index is 0. The molecule has 1 aliphatic rings. The van der Waals surface area contributed by atoms with Gasteiger partial charge in [-0.2, -0.15) is 0 Å². The van der Waals surface area contributed by atoms with E-state index in [9.17, 15) is 4.39 Å². The fourth-order valence-electron chi connectivity index (χ4n) is 2.66. The third-order valence-electron chi connectivity index (χ3n) is 3.55. The first kappa shape index (κ1) is 16.2. The zero-order valence-electron chi connectivity index (χ0n) is 11.5. The second kappa shape index (κ2) is 7.68. The van der Waals surface area contributed by atoms with Crippen molar-refractivity contribution in [2.75, 3.05) is 33.3 Å². The summed E-state index contributed by atoms with van der Waals surface area (Å²) in [5, 5.41) is 3.32. The van der Waals surface area contributed by atoms with Crippen LogP contribution in [-0.4, -0.2) is 38.2 Å². The summed E-state index contributed by atoms with van der Waals surface area (Å²) in [6.07, 6.45) is 0.886. The molecule has 5 heteroatoms. The molecule has 0 aliphatic carbocycles. The van der Waals surface area contributed by atoms with E-state index in [0.717, 1.165) is 32.6 Å². The molecule has 1 fully saturated rings.